The lowest BCUT2D eigenvalue weighted by Gasteiger charge is -2.09. The molecule has 1 aromatic carbocycles. The van der Waals surface area contributed by atoms with Gasteiger partial charge in [-0.05, 0) is 12.1 Å². The van der Waals surface area contributed by atoms with Crippen LogP contribution >= 0.6 is 0 Å². The van der Waals surface area contributed by atoms with Gasteiger partial charge in [0, 0.05) is 18.3 Å². The summed E-state index contributed by atoms with van der Waals surface area (Å²) in [5.74, 6) is -3.16. The maximum atomic E-state index is 13.3. The zero-order chi connectivity index (χ0) is 12.4. The smallest absolute Gasteiger partial charge is 0.161 e. The van der Waals surface area contributed by atoms with E-state index in [9.17, 15) is 13.2 Å². The third-order valence-electron chi connectivity index (χ3n) is 2.12. The number of benzene rings is 1. The quantitative estimate of drug-likeness (QED) is 0.792. The number of rotatable bonds is 2. The molecule has 0 amide bonds. The van der Waals surface area contributed by atoms with Crippen LogP contribution in [-0.4, -0.2) is 4.98 Å². The minimum absolute atomic E-state index is 0.136. The standard InChI is InChI=1S/C11H8F3N3/c12-6-4-8(14)10(5-7(6)13)17-9-2-1-3-16-11(9)15/h1-5,17H,(H2,15,16). The lowest BCUT2D eigenvalue weighted by Crippen LogP contribution is -2.01. The molecule has 0 atom stereocenters. The largest absolute Gasteiger partial charge is 0.382 e. The predicted octanol–water partition coefficient (Wildman–Crippen LogP) is 2.82. The first-order valence-electron chi connectivity index (χ1n) is 4.70. The van der Waals surface area contributed by atoms with Crippen LogP contribution in [0.5, 0.6) is 0 Å². The van der Waals surface area contributed by atoms with Gasteiger partial charge in [0.2, 0.25) is 0 Å². The number of nitrogen functional groups attached to an aromatic ring is 1. The van der Waals surface area contributed by atoms with Crippen LogP contribution in [0.25, 0.3) is 0 Å². The van der Waals surface area contributed by atoms with Crippen LogP contribution in [0.2, 0.25) is 0 Å². The summed E-state index contributed by atoms with van der Waals surface area (Å²) in [6.07, 6.45) is 1.46. The molecular weight excluding hydrogens is 231 g/mol. The van der Waals surface area contributed by atoms with Crippen molar-refractivity contribution in [2.45, 2.75) is 0 Å². The lowest BCUT2D eigenvalue weighted by molar-refractivity contribution is 0.496. The highest BCUT2D eigenvalue weighted by Gasteiger charge is 2.10. The van der Waals surface area contributed by atoms with Gasteiger partial charge in [-0.15, -0.1) is 0 Å². The van der Waals surface area contributed by atoms with Gasteiger partial charge in [0.05, 0.1) is 11.4 Å². The third-order valence-corrected chi connectivity index (χ3v) is 2.12. The second-order valence-corrected chi connectivity index (χ2v) is 3.31. The Morgan fingerprint density at radius 3 is 2.41 bits per heavy atom. The van der Waals surface area contributed by atoms with Gasteiger partial charge in [-0.1, -0.05) is 0 Å². The first kappa shape index (κ1) is 11.3. The molecule has 0 aliphatic carbocycles. The minimum atomic E-state index is -1.24. The lowest BCUT2D eigenvalue weighted by atomic mass is 10.2. The Balaban J connectivity index is 2.37. The molecule has 0 spiro atoms. The molecule has 6 heteroatoms. The van der Waals surface area contributed by atoms with E-state index < -0.39 is 17.5 Å². The summed E-state index contributed by atoms with van der Waals surface area (Å²) in [5.41, 5.74) is 5.63. The van der Waals surface area contributed by atoms with Gasteiger partial charge in [0.25, 0.3) is 0 Å². The molecule has 0 radical (unpaired) electrons. The normalized spacial score (nSPS) is 10.3. The number of nitrogens with one attached hydrogen (secondary N) is 1. The van der Waals surface area contributed by atoms with E-state index in [1.165, 1.54) is 6.20 Å². The second-order valence-electron chi connectivity index (χ2n) is 3.31. The Bertz CT molecular complexity index is 558. The molecule has 2 rings (SSSR count). The van der Waals surface area contributed by atoms with Gasteiger partial charge in [0.15, 0.2) is 11.6 Å². The van der Waals surface area contributed by atoms with Gasteiger partial charge >= 0.3 is 0 Å². The van der Waals surface area contributed by atoms with Crippen molar-refractivity contribution in [1.82, 2.24) is 4.98 Å². The molecule has 0 fully saturated rings. The number of nitrogens with two attached hydrogens (primary N) is 1. The van der Waals surface area contributed by atoms with E-state index in [1.807, 2.05) is 0 Å². The fourth-order valence-corrected chi connectivity index (χ4v) is 1.29. The fraction of sp³-hybridized carbons (Fsp3) is 0. The summed E-state index contributed by atoms with van der Waals surface area (Å²) in [7, 11) is 0. The summed E-state index contributed by atoms with van der Waals surface area (Å²) in [6.45, 7) is 0. The SMILES string of the molecule is Nc1ncccc1Nc1cc(F)c(F)cc1F. The van der Waals surface area contributed by atoms with E-state index in [2.05, 4.69) is 10.3 Å². The summed E-state index contributed by atoms with van der Waals surface area (Å²) in [6, 6.07) is 4.31. The van der Waals surface area contributed by atoms with Gasteiger partial charge in [-0.2, -0.15) is 0 Å². The van der Waals surface area contributed by atoms with Crippen LogP contribution in [0.15, 0.2) is 30.5 Å². The van der Waals surface area contributed by atoms with Crippen LogP contribution in [0.1, 0.15) is 0 Å². The highest BCUT2D eigenvalue weighted by molar-refractivity contribution is 5.69. The number of nitrogens with zero attached hydrogens (tertiary/aromatic N) is 1. The Labute approximate surface area is 95.1 Å². The maximum Gasteiger partial charge on any atom is 0.161 e. The Morgan fingerprint density at radius 2 is 1.71 bits per heavy atom. The molecule has 3 N–H and O–H groups in total. The summed E-state index contributed by atoms with van der Waals surface area (Å²) >= 11 is 0. The zero-order valence-corrected chi connectivity index (χ0v) is 8.55. The second kappa shape index (κ2) is 4.32. The van der Waals surface area contributed by atoms with Crippen LogP contribution in [0.3, 0.4) is 0 Å². The van der Waals surface area contributed by atoms with Gasteiger partial charge < -0.3 is 11.1 Å². The first-order chi connectivity index (χ1) is 8.08. The molecule has 0 unspecified atom stereocenters. The molecule has 0 aliphatic rings. The van der Waals surface area contributed by atoms with Crippen LogP contribution in [0.4, 0.5) is 30.4 Å². The fourth-order valence-electron chi connectivity index (χ4n) is 1.29. The average Bonchev–Trinajstić information content (AvgIpc) is 2.29. The molecule has 1 aromatic heterocycles. The van der Waals surface area contributed by atoms with Gasteiger partial charge in [-0.25, -0.2) is 18.2 Å². The van der Waals surface area contributed by atoms with E-state index in [1.54, 1.807) is 12.1 Å². The molecular formula is C11H8F3N3. The number of halogens is 3. The monoisotopic (exact) mass is 239 g/mol. The molecule has 2 aromatic rings. The van der Waals surface area contributed by atoms with Crippen molar-refractivity contribution < 1.29 is 13.2 Å². The van der Waals surface area contributed by atoms with E-state index >= 15 is 0 Å². The molecule has 0 aliphatic heterocycles. The van der Waals surface area contributed by atoms with Crippen molar-refractivity contribution in [3.8, 4) is 0 Å². The highest BCUT2D eigenvalue weighted by atomic mass is 19.2. The number of hydrogen-bond acceptors (Lipinski definition) is 3. The van der Waals surface area contributed by atoms with Crippen molar-refractivity contribution in [2.75, 3.05) is 11.1 Å². The Morgan fingerprint density at radius 1 is 1.00 bits per heavy atom. The molecule has 0 saturated heterocycles. The summed E-state index contributed by atoms with van der Waals surface area (Å²) in [5, 5.41) is 2.54. The van der Waals surface area contributed by atoms with Gasteiger partial charge in [-0.3, -0.25) is 0 Å². The maximum absolute atomic E-state index is 13.3. The Kier molecular flexibility index (Phi) is 2.86. The number of pyridine rings is 1. The minimum Gasteiger partial charge on any atom is -0.382 e. The van der Waals surface area contributed by atoms with Crippen molar-refractivity contribution in [3.05, 3.63) is 47.9 Å². The van der Waals surface area contributed by atoms with Crippen LogP contribution in [0, 0.1) is 17.5 Å². The average molecular weight is 239 g/mol. The third kappa shape index (κ3) is 2.30. The predicted molar refractivity (Wildman–Crippen MR) is 58.2 cm³/mol. The summed E-state index contributed by atoms with van der Waals surface area (Å²) < 4.78 is 38.9. The Hall–Kier alpha value is -2.24. The first-order valence-corrected chi connectivity index (χ1v) is 4.70. The summed E-state index contributed by atoms with van der Waals surface area (Å²) in [4.78, 5) is 3.77. The molecule has 17 heavy (non-hydrogen) atoms. The van der Waals surface area contributed by atoms with Crippen molar-refractivity contribution >= 4 is 17.2 Å². The topological polar surface area (TPSA) is 50.9 Å². The van der Waals surface area contributed by atoms with E-state index in [0.29, 0.717) is 11.8 Å². The van der Waals surface area contributed by atoms with E-state index in [0.717, 1.165) is 6.07 Å². The molecule has 88 valence electrons. The van der Waals surface area contributed by atoms with Crippen molar-refractivity contribution in [3.63, 3.8) is 0 Å². The van der Waals surface area contributed by atoms with E-state index in [-0.39, 0.29) is 11.5 Å². The molecule has 0 saturated carbocycles. The zero-order valence-electron chi connectivity index (χ0n) is 8.55. The van der Waals surface area contributed by atoms with Crippen molar-refractivity contribution in [1.29, 1.82) is 0 Å². The molecule has 3 nitrogen and oxygen atoms in total. The van der Waals surface area contributed by atoms with Crippen LogP contribution in [-0.2, 0) is 0 Å². The van der Waals surface area contributed by atoms with Crippen LogP contribution < -0.4 is 11.1 Å². The molecule has 0 bridgehead atoms. The van der Waals surface area contributed by atoms with Crippen molar-refractivity contribution in [2.24, 2.45) is 0 Å². The number of aromatic nitrogens is 1. The van der Waals surface area contributed by atoms with E-state index in [4.69, 9.17) is 5.73 Å². The van der Waals surface area contributed by atoms with Gasteiger partial charge in [0.1, 0.15) is 11.6 Å². The number of anilines is 3. The number of hydrogen-bond donors (Lipinski definition) is 2. The highest BCUT2D eigenvalue weighted by Crippen LogP contribution is 2.24. The molecule has 1 heterocycles.